The average molecular weight is 676 g/mol. The number of carboxylic acid groups (broad SMARTS) is 1. The van der Waals surface area contributed by atoms with Gasteiger partial charge in [-0.25, -0.2) is 4.79 Å². The van der Waals surface area contributed by atoms with E-state index in [1.807, 2.05) is 66.7 Å². The zero-order chi connectivity index (χ0) is 35.9. The van der Waals surface area contributed by atoms with Gasteiger partial charge in [0, 0.05) is 52.6 Å². The van der Waals surface area contributed by atoms with Crippen LogP contribution < -0.4 is 31.8 Å². The lowest BCUT2D eigenvalue weighted by Crippen LogP contribution is -2.38. The second-order valence-corrected chi connectivity index (χ2v) is 12.0. The number of fused-ring (bicyclic) bond motifs is 3. The van der Waals surface area contributed by atoms with Gasteiger partial charge in [0.05, 0.1) is 10.8 Å². The minimum atomic E-state index is -5.19. The number of carbonyl (C=O) groups is 3. The molecule has 13 heteroatoms. The molecule has 49 heavy (non-hydrogen) atoms. The summed E-state index contributed by atoms with van der Waals surface area (Å²) in [7, 11) is 0. The topological polar surface area (TPSA) is 163 Å². The molecule has 1 heterocycles. The standard InChI is InChI=1S/C34H35N5O3.C2HF3O2/c1-34(2,3)42-33(41)38-18-17-37-32(40)24-11-9-22(10-12-24)21-39-30-20-26(36)14-16-28(30)27-15-13-25(35)19-29(27)31(39)23-7-5-4-6-8-23;3-2(4,5)1(6)7/h4-16,19-20,36H,17-18,21,35H2,1-3H3,(H2,37,38,40,41);(H,6,7). The number of ether oxygens (including phenoxy) is 1. The monoisotopic (exact) mass is 675 g/mol. The van der Waals surface area contributed by atoms with Crippen LogP contribution in [-0.2, 0) is 16.1 Å². The van der Waals surface area contributed by atoms with Crippen LogP contribution in [0, 0.1) is 0 Å². The van der Waals surface area contributed by atoms with Crippen molar-refractivity contribution in [2.24, 2.45) is 0 Å². The molecule has 0 radical (unpaired) electrons. The van der Waals surface area contributed by atoms with Crippen LogP contribution in [0.4, 0.5) is 29.3 Å². The lowest BCUT2D eigenvalue weighted by Gasteiger charge is -2.19. The summed E-state index contributed by atoms with van der Waals surface area (Å²) in [5.41, 5.74) is 18.0. The van der Waals surface area contributed by atoms with Crippen molar-refractivity contribution in [2.75, 3.05) is 24.6 Å². The van der Waals surface area contributed by atoms with Gasteiger partial charge in [-0.2, -0.15) is 17.7 Å². The lowest BCUT2D eigenvalue weighted by molar-refractivity contribution is -0.650. The number of nitrogens with one attached hydrogen (secondary N) is 2. The minimum Gasteiger partial charge on any atom is -0.542 e. The van der Waals surface area contributed by atoms with E-state index in [0.29, 0.717) is 23.5 Å². The third-order valence-corrected chi connectivity index (χ3v) is 7.09. The van der Waals surface area contributed by atoms with Crippen LogP contribution in [0.25, 0.3) is 32.9 Å². The summed E-state index contributed by atoms with van der Waals surface area (Å²) >= 11 is 0. The number of alkyl halides is 3. The van der Waals surface area contributed by atoms with E-state index in [4.69, 9.17) is 26.1 Å². The number of aliphatic carboxylic acids is 1. The van der Waals surface area contributed by atoms with Crippen LogP contribution >= 0.6 is 0 Å². The van der Waals surface area contributed by atoms with Gasteiger partial charge >= 0.3 is 12.3 Å². The number of nitrogens with two attached hydrogens (primary N) is 2. The Morgan fingerprint density at radius 3 is 1.94 bits per heavy atom. The van der Waals surface area contributed by atoms with Crippen LogP contribution in [0.15, 0.2) is 91.0 Å². The van der Waals surface area contributed by atoms with Crippen molar-refractivity contribution in [3.63, 3.8) is 0 Å². The molecule has 5 rings (SSSR count). The number of amides is 2. The molecule has 0 aliphatic carbocycles. The maximum atomic E-state index is 12.7. The van der Waals surface area contributed by atoms with Crippen molar-refractivity contribution < 1.29 is 42.0 Å². The molecule has 256 valence electrons. The molecule has 0 unspecified atom stereocenters. The fraction of sp³-hybridized carbons (Fsp3) is 0.222. The molecule has 0 bridgehead atoms. The van der Waals surface area contributed by atoms with Crippen LogP contribution in [0.5, 0.6) is 0 Å². The highest BCUT2D eigenvalue weighted by atomic mass is 19.4. The summed E-state index contributed by atoms with van der Waals surface area (Å²) in [6.07, 6.45) is -5.71. The van der Waals surface area contributed by atoms with E-state index in [1.165, 1.54) is 0 Å². The van der Waals surface area contributed by atoms with E-state index in [1.54, 1.807) is 20.8 Å². The molecule has 0 saturated heterocycles. The van der Waals surface area contributed by atoms with Crippen molar-refractivity contribution in [3.8, 4) is 11.3 Å². The Hall–Kier alpha value is -5.85. The summed E-state index contributed by atoms with van der Waals surface area (Å²) in [6, 6.07) is 29.8. The first-order valence-corrected chi connectivity index (χ1v) is 15.2. The molecule has 0 saturated carbocycles. The Morgan fingerprint density at radius 1 is 0.776 bits per heavy atom. The molecular weight excluding hydrogens is 639 g/mol. The van der Waals surface area contributed by atoms with Gasteiger partial charge in [0.2, 0.25) is 11.2 Å². The Bertz CT molecular complexity index is 1980. The molecular formula is C36H36F3N5O5. The number of hydrogen-bond acceptors (Lipinski definition) is 7. The Balaban J connectivity index is 0.000000698. The molecule has 0 aliphatic heterocycles. The number of anilines is 2. The molecule has 0 fully saturated rings. The second kappa shape index (κ2) is 14.9. The highest BCUT2D eigenvalue weighted by Crippen LogP contribution is 2.33. The zero-order valence-electron chi connectivity index (χ0n) is 27.1. The van der Waals surface area contributed by atoms with E-state index in [-0.39, 0.29) is 19.0 Å². The molecule has 6 N–H and O–H groups in total. The van der Waals surface area contributed by atoms with E-state index in [0.717, 1.165) is 38.5 Å². The fourth-order valence-corrected chi connectivity index (χ4v) is 5.03. The number of halogens is 3. The van der Waals surface area contributed by atoms with Crippen molar-refractivity contribution in [2.45, 2.75) is 39.1 Å². The molecule has 0 atom stereocenters. The summed E-state index contributed by atoms with van der Waals surface area (Å²) < 4.78 is 39.0. The number of rotatable bonds is 7. The Morgan fingerprint density at radius 2 is 1.35 bits per heavy atom. The van der Waals surface area contributed by atoms with Crippen molar-refractivity contribution >= 4 is 51.0 Å². The van der Waals surface area contributed by atoms with E-state index >= 15 is 0 Å². The van der Waals surface area contributed by atoms with Crippen molar-refractivity contribution in [1.82, 2.24) is 10.6 Å². The van der Waals surface area contributed by atoms with Crippen molar-refractivity contribution in [3.05, 3.63) is 102 Å². The lowest BCUT2D eigenvalue weighted by atomic mass is 9.97. The smallest absolute Gasteiger partial charge is 0.430 e. The third kappa shape index (κ3) is 9.60. The molecule has 4 aromatic carbocycles. The number of benzene rings is 4. The molecule has 10 nitrogen and oxygen atoms in total. The van der Waals surface area contributed by atoms with Gasteiger partial charge in [-0.05, 0) is 69.3 Å². The quantitative estimate of drug-likeness (QED) is 0.0840. The predicted molar refractivity (Wildman–Crippen MR) is 179 cm³/mol. The van der Waals surface area contributed by atoms with Crippen LogP contribution in [0.1, 0.15) is 36.7 Å². The first-order chi connectivity index (χ1) is 23.0. The highest BCUT2D eigenvalue weighted by Gasteiger charge is 2.29. The first-order valence-electron chi connectivity index (χ1n) is 15.2. The molecule has 0 spiro atoms. The Kier molecular flexibility index (Phi) is 11.0. The number of alkyl carbamates (subject to hydrolysis) is 1. The number of pyridine rings is 1. The first kappa shape index (κ1) is 36.0. The Labute approximate surface area is 280 Å². The van der Waals surface area contributed by atoms with Crippen molar-refractivity contribution in [1.29, 1.82) is 0 Å². The van der Waals surface area contributed by atoms with Gasteiger partial charge in [-0.15, -0.1) is 0 Å². The zero-order valence-corrected chi connectivity index (χ0v) is 27.1. The van der Waals surface area contributed by atoms with E-state index in [2.05, 4.69) is 39.5 Å². The van der Waals surface area contributed by atoms with Gasteiger partial charge in [-0.1, -0.05) is 36.4 Å². The number of aromatic nitrogens is 1. The van der Waals surface area contributed by atoms with Crippen LogP contribution in [0.2, 0.25) is 0 Å². The maximum absolute atomic E-state index is 12.7. The van der Waals surface area contributed by atoms with Gasteiger partial charge in [0.25, 0.3) is 5.91 Å². The normalized spacial score (nSPS) is 11.4. The van der Waals surface area contributed by atoms with E-state index < -0.39 is 23.8 Å². The largest absolute Gasteiger partial charge is 0.542 e. The maximum Gasteiger partial charge on any atom is 0.430 e. The summed E-state index contributed by atoms with van der Waals surface area (Å²) in [5, 5.41) is 17.5. The minimum absolute atomic E-state index is 0.218. The molecule has 5 aromatic rings. The second-order valence-electron chi connectivity index (χ2n) is 12.0. The van der Waals surface area contributed by atoms with E-state index in [9.17, 15) is 22.8 Å². The number of nitrogens with zero attached hydrogens (tertiary/aromatic N) is 1. The SMILES string of the molecule is CC(C)(C)OC(=O)NCCNC(=O)c1ccc(C[n+]2c(-c3ccccc3)c3cc(N)ccc3c3ccc(N)cc32)cc1.O=C([O-])C(F)(F)F. The average Bonchev–Trinajstić information content (AvgIpc) is 3.03. The van der Waals surface area contributed by atoms with Crippen LogP contribution in [0.3, 0.4) is 0 Å². The number of nitrogen functional groups attached to an aromatic ring is 2. The summed E-state index contributed by atoms with van der Waals surface area (Å²) in [4.78, 5) is 33.3. The fourth-order valence-electron chi connectivity index (χ4n) is 5.03. The number of carboxylic acids is 1. The number of carbonyl (C=O) groups excluding carboxylic acids is 3. The highest BCUT2D eigenvalue weighted by molar-refractivity contribution is 6.10. The molecule has 0 aliphatic rings. The molecule has 1 aromatic heterocycles. The van der Waals surface area contributed by atoms with Gasteiger partial charge in [-0.3, -0.25) is 4.79 Å². The molecule has 2 amide bonds. The van der Waals surface area contributed by atoms with Gasteiger partial charge in [0.1, 0.15) is 11.6 Å². The summed E-state index contributed by atoms with van der Waals surface area (Å²) in [6.45, 7) is 6.49. The predicted octanol–water partition coefficient (Wildman–Crippen LogP) is 4.71. The van der Waals surface area contributed by atoms with Crippen LogP contribution in [-0.4, -0.2) is 42.8 Å². The van der Waals surface area contributed by atoms with Gasteiger partial charge in [0.15, 0.2) is 6.54 Å². The van der Waals surface area contributed by atoms with Gasteiger partial charge < -0.3 is 36.7 Å². The third-order valence-electron chi connectivity index (χ3n) is 7.09. The number of hydrogen-bond donors (Lipinski definition) is 4. The summed E-state index contributed by atoms with van der Waals surface area (Å²) in [5.74, 6) is -3.22.